The Hall–Kier alpha value is 0.120. The molecule has 0 heterocycles. The van der Waals surface area contributed by atoms with Crippen LogP contribution in [0.25, 0.3) is 0 Å². The van der Waals surface area contributed by atoms with Gasteiger partial charge in [-0.2, -0.15) is 0 Å². The highest BCUT2D eigenvalue weighted by atomic mass is 127. The van der Waals surface area contributed by atoms with Crippen LogP contribution in [-0.2, 0) is 0 Å². The molecule has 1 aromatic rings. The Morgan fingerprint density at radius 3 is 2.67 bits per heavy atom. The number of halogens is 3. The Labute approximate surface area is 95.5 Å². The molecule has 0 radical (unpaired) electrons. The van der Waals surface area contributed by atoms with E-state index in [9.17, 15) is 10.1 Å². The molecule has 0 amide bonds. The third-order valence-corrected chi connectivity index (χ3v) is 3.38. The van der Waals surface area contributed by atoms with Crippen molar-refractivity contribution in [3.8, 4) is 0 Å². The molecule has 0 N–H and O–H groups in total. The number of nitro benzene ring substituents is 1. The van der Waals surface area contributed by atoms with Gasteiger partial charge in [0.05, 0.1) is 9.95 Å². The fourth-order valence-electron chi connectivity index (χ4n) is 0.675. The second kappa shape index (κ2) is 3.89. The van der Waals surface area contributed by atoms with Gasteiger partial charge in [0.15, 0.2) is 0 Å². The molecule has 0 aliphatic rings. The first kappa shape index (κ1) is 10.2. The average molecular weight is 362 g/mol. The number of nitro groups is 1. The average Bonchev–Trinajstić information content (AvgIpc) is 1.96. The Morgan fingerprint density at radius 2 is 2.17 bits per heavy atom. The van der Waals surface area contributed by atoms with Gasteiger partial charge in [-0.05, 0) is 28.7 Å². The van der Waals surface area contributed by atoms with Crippen molar-refractivity contribution in [3.05, 3.63) is 35.3 Å². The molecule has 0 saturated carbocycles. The van der Waals surface area contributed by atoms with Crippen LogP contribution < -0.4 is 0 Å². The maximum Gasteiger partial charge on any atom is 0.285 e. The molecule has 0 spiro atoms. The summed E-state index contributed by atoms with van der Waals surface area (Å²) in [6, 6.07) is 3.05. The van der Waals surface area contributed by atoms with Crippen LogP contribution in [0.5, 0.6) is 0 Å². The molecule has 3 nitrogen and oxygen atoms in total. The van der Waals surface area contributed by atoms with E-state index >= 15 is 0 Å². The first-order valence-electron chi connectivity index (χ1n) is 2.81. The van der Waals surface area contributed by atoms with E-state index in [4.69, 9.17) is 11.6 Å². The highest BCUT2D eigenvalue weighted by Gasteiger charge is 2.15. The fourth-order valence-corrected chi connectivity index (χ4v) is 1.98. The summed E-state index contributed by atoms with van der Waals surface area (Å²) in [7, 11) is 0. The molecule has 0 aliphatic carbocycles. The molecule has 12 heavy (non-hydrogen) atoms. The Kier molecular flexibility index (Phi) is 3.30. The normalized spacial score (nSPS) is 9.92. The summed E-state index contributed by atoms with van der Waals surface area (Å²) in [6.07, 6.45) is 0. The van der Waals surface area contributed by atoms with Crippen molar-refractivity contribution < 1.29 is 4.92 Å². The minimum Gasteiger partial charge on any atom is -0.258 e. The molecule has 0 atom stereocenters. The van der Waals surface area contributed by atoms with Gasteiger partial charge in [0, 0.05) is 10.5 Å². The van der Waals surface area contributed by atoms with E-state index < -0.39 is 4.92 Å². The zero-order valence-electron chi connectivity index (χ0n) is 5.55. The standard InChI is InChI=1S/C6H2BrClINO2/c7-3-1-4(8)6(9)5(2-3)10(11)12/h1-2H. The lowest BCUT2D eigenvalue weighted by molar-refractivity contribution is -0.385. The number of hydrogen-bond acceptors (Lipinski definition) is 2. The lowest BCUT2D eigenvalue weighted by Crippen LogP contribution is -1.91. The van der Waals surface area contributed by atoms with E-state index in [1.54, 1.807) is 6.07 Å². The van der Waals surface area contributed by atoms with Gasteiger partial charge in [-0.1, -0.05) is 27.5 Å². The minimum atomic E-state index is -0.460. The summed E-state index contributed by atoms with van der Waals surface area (Å²) < 4.78 is 1.07. The highest BCUT2D eigenvalue weighted by molar-refractivity contribution is 14.1. The molecule has 0 unspecified atom stereocenters. The van der Waals surface area contributed by atoms with Crippen molar-refractivity contribution in [1.82, 2.24) is 0 Å². The van der Waals surface area contributed by atoms with E-state index in [1.807, 2.05) is 22.6 Å². The summed E-state index contributed by atoms with van der Waals surface area (Å²) in [5.74, 6) is 0. The van der Waals surface area contributed by atoms with Crippen LogP contribution in [0.3, 0.4) is 0 Å². The largest absolute Gasteiger partial charge is 0.285 e. The Morgan fingerprint density at radius 1 is 1.58 bits per heavy atom. The van der Waals surface area contributed by atoms with E-state index in [1.165, 1.54) is 6.07 Å². The third-order valence-electron chi connectivity index (χ3n) is 1.17. The van der Waals surface area contributed by atoms with Crippen molar-refractivity contribution in [2.75, 3.05) is 0 Å². The van der Waals surface area contributed by atoms with Crippen LogP contribution >= 0.6 is 50.1 Å². The molecule has 1 aromatic carbocycles. The number of benzene rings is 1. The van der Waals surface area contributed by atoms with Crippen molar-refractivity contribution in [3.63, 3.8) is 0 Å². The van der Waals surface area contributed by atoms with Crippen LogP contribution in [-0.4, -0.2) is 4.92 Å². The molecule has 0 saturated heterocycles. The molecule has 1 rings (SSSR count). The first-order chi connectivity index (χ1) is 5.52. The lowest BCUT2D eigenvalue weighted by atomic mass is 10.3. The minimum absolute atomic E-state index is 0.0231. The van der Waals surface area contributed by atoms with E-state index in [-0.39, 0.29) is 5.69 Å². The van der Waals surface area contributed by atoms with Crippen LogP contribution in [0.4, 0.5) is 5.69 Å². The predicted octanol–water partition coefficient (Wildman–Crippen LogP) is 3.62. The quantitative estimate of drug-likeness (QED) is 0.331. The molecular weight excluding hydrogens is 360 g/mol. The predicted molar refractivity (Wildman–Crippen MR) is 58.5 cm³/mol. The summed E-state index contributed by atoms with van der Waals surface area (Å²) in [5.41, 5.74) is 0.0231. The van der Waals surface area contributed by atoms with Gasteiger partial charge < -0.3 is 0 Å². The summed E-state index contributed by atoms with van der Waals surface area (Å²) in [4.78, 5) is 9.99. The Balaban J connectivity index is 3.37. The van der Waals surface area contributed by atoms with E-state index in [0.717, 1.165) is 0 Å². The van der Waals surface area contributed by atoms with E-state index in [2.05, 4.69) is 15.9 Å². The van der Waals surface area contributed by atoms with Crippen molar-refractivity contribution >= 4 is 55.8 Å². The first-order valence-corrected chi connectivity index (χ1v) is 5.06. The van der Waals surface area contributed by atoms with Crippen LogP contribution in [0, 0.1) is 13.7 Å². The van der Waals surface area contributed by atoms with Gasteiger partial charge in [-0.25, -0.2) is 0 Å². The maximum atomic E-state index is 10.4. The molecule has 0 aromatic heterocycles. The molecule has 0 aliphatic heterocycles. The topological polar surface area (TPSA) is 43.1 Å². The summed E-state index contributed by atoms with van der Waals surface area (Å²) in [5, 5.41) is 10.8. The lowest BCUT2D eigenvalue weighted by Gasteiger charge is -1.98. The van der Waals surface area contributed by atoms with Crippen molar-refractivity contribution in [2.24, 2.45) is 0 Å². The van der Waals surface area contributed by atoms with Gasteiger partial charge in [-0.3, -0.25) is 10.1 Å². The molecule has 6 heteroatoms. The Bertz CT molecular complexity index is 345. The van der Waals surface area contributed by atoms with Gasteiger partial charge in [0.2, 0.25) is 0 Å². The van der Waals surface area contributed by atoms with Crippen LogP contribution in [0.2, 0.25) is 5.02 Å². The van der Waals surface area contributed by atoms with Gasteiger partial charge in [0.1, 0.15) is 3.57 Å². The highest BCUT2D eigenvalue weighted by Crippen LogP contribution is 2.31. The SMILES string of the molecule is O=[N+]([O-])c1cc(Br)cc(Cl)c1I. The molecular formula is C6H2BrClINO2. The van der Waals surface area contributed by atoms with Gasteiger partial charge in [-0.15, -0.1) is 0 Å². The molecule has 0 bridgehead atoms. The number of nitrogens with zero attached hydrogens (tertiary/aromatic N) is 1. The summed E-state index contributed by atoms with van der Waals surface area (Å²) >= 11 is 10.7. The summed E-state index contributed by atoms with van der Waals surface area (Å²) in [6.45, 7) is 0. The zero-order valence-corrected chi connectivity index (χ0v) is 10.1. The monoisotopic (exact) mass is 361 g/mol. The molecule has 0 fully saturated rings. The number of rotatable bonds is 1. The fraction of sp³-hybridized carbons (Fsp3) is 0. The van der Waals surface area contributed by atoms with Gasteiger partial charge >= 0.3 is 0 Å². The van der Waals surface area contributed by atoms with E-state index in [0.29, 0.717) is 13.1 Å². The van der Waals surface area contributed by atoms with Crippen LogP contribution in [0.1, 0.15) is 0 Å². The van der Waals surface area contributed by atoms with Crippen molar-refractivity contribution in [2.45, 2.75) is 0 Å². The third kappa shape index (κ3) is 2.08. The second-order valence-electron chi connectivity index (χ2n) is 1.98. The smallest absolute Gasteiger partial charge is 0.258 e. The van der Waals surface area contributed by atoms with Crippen molar-refractivity contribution in [1.29, 1.82) is 0 Å². The van der Waals surface area contributed by atoms with Crippen LogP contribution in [0.15, 0.2) is 16.6 Å². The second-order valence-corrected chi connectivity index (χ2v) is 4.38. The molecule has 64 valence electrons. The maximum absolute atomic E-state index is 10.4. The number of hydrogen-bond donors (Lipinski definition) is 0. The van der Waals surface area contributed by atoms with Gasteiger partial charge in [0.25, 0.3) is 5.69 Å². The zero-order chi connectivity index (χ0) is 9.30.